The van der Waals surface area contributed by atoms with Crippen LogP contribution in [0.3, 0.4) is 0 Å². The minimum Gasteiger partial charge on any atom is -0.465 e. The van der Waals surface area contributed by atoms with Crippen molar-refractivity contribution in [2.24, 2.45) is 5.92 Å². The number of H-pyrrole nitrogens is 1. The van der Waals surface area contributed by atoms with Gasteiger partial charge in [-0.2, -0.15) is 0 Å². The van der Waals surface area contributed by atoms with Gasteiger partial charge in [0.25, 0.3) is 0 Å². The Balaban J connectivity index is 1.12. The molecule has 2 amide bonds. The highest BCUT2D eigenvalue weighted by Gasteiger charge is 2.52. The van der Waals surface area contributed by atoms with Crippen LogP contribution in [0.4, 0.5) is 4.79 Å². The first-order valence-corrected chi connectivity index (χ1v) is 18.4. The monoisotopic (exact) mass is 715 g/mol. The van der Waals surface area contributed by atoms with Gasteiger partial charge in [-0.25, -0.2) is 9.78 Å². The van der Waals surface area contributed by atoms with Gasteiger partial charge in [0, 0.05) is 34.8 Å². The van der Waals surface area contributed by atoms with Gasteiger partial charge in [-0.1, -0.05) is 56.3 Å². The van der Waals surface area contributed by atoms with Crippen LogP contribution in [-0.2, 0) is 18.8 Å². The van der Waals surface area contributed by atoms with Crippen molar-refractivity contribution >= 4 is 35.5 Å². The molecule has 2 fully saturated rings. The molecule has 0 bridgehead atoms. The number of hydrogen-bond donors (Lipinski definition) is 2. The van der Waals surface area contributed by atoms with E-state index in [-0.39, 0.29) is 24.1 Å². The minimum absolute atomic E-state index is 0.106. The van der Waals surface area contributed by atoms with Crippen LogP contribution >= 0.6 is 0 Å². The van der Waals surface area contributed by atoms with Gasteiger partial charge in [0.15, 0.2) is 0 Å². The number of alkyl carbamates (subject to hydrolysis) is 1. The number of nitrogens with one attached hydrogen (secondary N) is 2. The van der Waals surface area contributed by atoms with Gasteiger partial charge < -0.3 is 38.6 Å². The van der Waals surface area contributed by atoms with Gasteiger partial charge >= 0.3 is 13.2 Å². The molecular formula is C41H46BN5O6. The predicted octanol–water partition coefficient (Wildman–Crippen LogP) is 6.98. The number of aromatic amines is 1. The summed E-state index contributed by atoms with van der Waals surface area (Å²) in [6.45, 7) is 12.7. The van der Waals surface area contributed by atoms with E-state index < -0.39 is 30.5 Å². The van der Waals surface area contributed by atoms with Gasteiger partial charge in [-0.15, -0.1) is 0 Å². The molecule has 8 rings (SSSR count). The zero-order valence-corrected chi connectivity index (χ0v) is 31.3. The summed E-state index contributed by atoms with van der Waals surface area (Å²) in [5, 5.41) is 3.78. The van der Waals surface area contributed by atoms with E-state index in [9.17, 15) is 9.59 Å². The lowest BCUT2D eigenvalue weighted by atomic mass is 9.78. The lowest BCUT2D eigenvalue weighted by Gasteiger charge is -2.32. The molecule has 3 aromatic carbocycles. The molecule has 53 heavy (non-hydrogen) atoms. The number of methoxy groups -OCH3 is 1. The Kier molecular flexibility index (Phi) is 8.65. The molecule has 3 aliphatic heterocycles. The van der Waals surface area contributed by atoms with Crippen molar-refractivity contribution in [3.63, 3.8) is 0 Å². The van der Waals surface area contributed by atoms with E-state index >= 15 is 0 Å². The molecule has 0 saturated carbocycles. The summed E-state index contributed by atoms with van der Waals surface area (Å²) in [5.74, 6) is 1.26. The number of carbonyl (C=O) groups excluding carboxylic acids is 2. The number of likely N-dealkylation sites (tertiary alicyclic amines) is 1. The van der Waals surface area contributed by atoms with E-state index in [0.717, 1.165) is 68.9 Å². The van der Waals surface area contributed by atoms with E-state index in [1.807, 2.05) is 43.1 Å². The first kappa shape index (κ1) is 35.0. The summed E-state index contributed by atoms with van der Waals surface area (Å²) in [7, 11) is 0.801. The number of nitrogens with zero attached hydrogens (tertiary/aromatic N) is 3. The van der Waals surface area contributed by atoms with E-state index in [1.165, 1.54) is 7.11 Å². The third-order valence-electron chi connectivity index (χ3n) is 11.3. The Morgan fingerprint density at radius 3 is 2.47 bits per heavy atom. The fraction of sp³-hybridized carbons (Fsp3) is 0.390. The number of benzene rings is 3. The lowest BCUT2D eigenvalue weighted by molar-refractivity contribution is -0.135. The highest BCUT2D eigenvalue weighted by Crippen LogP contribution is 2.45. The molecule has 5 aromatic rings. The first-order valence-electron chi connectivity index (χ1n) is 18.4. The molecule has 3 aliphatic rings. The average Bonchev–Trinajstić information content (AvgIpc) is 3.94. The Morgan fingerprint density at radius 2 is 1.75 bits per heavy atom. The average molecular weight is 716 g/mol. The summed E-state index contributed by atoms with van der Waals surface area (Å²) < 4.78 is 26.7. The zero-order chi connectivity index (χ0) is 37.2. The van der Waals surface area contributed by atoms with Gasteiger partial charge in [0.05, 0.1) is 41.3 Å². The lowest BCUT2D eigenvalue weighted by Crippen LogP contribution is -2.51. The van der Waals surface area contributed by atoms with Crippen molar-refractivity contribution in [1.82, 2.24) is 24.8 Å². The Labute approximate surface area is 310 Å². The number of imidazole rings is 1. The second-order valence-electron chi connectivity index (χ2n) is 15.6. The van der Waals surface area contributed by atoms with Crippen LogP contribution in [0.15, 0.2) is 79.0 Å². The number of hydrogen-bond acceptors (Lipinski definition) is 7. The van der Waals surface area contributed by atoms with Crippen LogP contribution in [0.1, 0.15) is 78.0 Å². The summed E-state index contributed by atoms with van der Waals surface area (Å²) in [6, 6.07) is 24.2. The van der Waals surface area contributed by atoms with Gasteiger partial charge in [-0.3, -0.25) is 4.79 Å². The highest BCUT2D eigenvalue weighted by atomic mass is 16.7. The van der Waals surface area contributed by atoms with Crippen molar-refractivity contribution in [2.75, 3.05) is 13.7 Å². The highest BCUT2D eigenvalue weighted by molar-refractivity contribution is 6.62. The fourth-order valence-corrected chi connectivity index (χ4v) is 7.69. The van der Waals surface area contributed by atoms with E-state index in [2.05, 4.69) is 97.2 Å². The minimum atomic E-state index is -0.690. The predicted molar refractivity (Wildman–Crippen MR) is 204 cm³/mol. The number of ether oxygens (including phenoxy) is 2. The molecule has 3 atom stereocenters. The normalized spacial score (nSPS) is 20.6. The Bertz CT molecular complexity index is 2180. The molecule has 0 aliphatic carbocycles. The van der Waals surface area contributed by atoms with Crippen LogP contribution in [0, 0.1) is 5.92 Å². The Hall–Kier alpha value is -5.07. The largest absolute Gasteiger partial charge is 0.494 e. The fourth-order valence-electron chi connectivity index (χ4n) is 7.69. The topological polar surface area (TPSA) is 120 Å². The molecule has 2 saturated heterocycles. The number of fused-ring (bicyclic) bond motifs is 5. The summed E-state index contributed by atoms with van der Waals surface area (Å²) in [5.41, 5.74) is 5.89. The maximum atomic E-state index is 13.7. The standard InChI is InChI=1S/C41H46BN5O6/c1-24(2)35(45-39(49)50-7)37(48)46-19-11-14-32(46)36-43-23-30(44-36)26-15-18-31-27(20-26)21-33-29-17-16-28(42-52-40(3,4)41(5,6)53-42)22-34(29)51-38(47(31)33)25-12-9-8-10-13-25/h8-10,12-13,15-18,20-24,32,35,38H,11,14,19H2,1-7H3,(H,43,44)(H,45,49)/t32?,35-,38?/m0/s1. The van der Waals surface area contributed by atoms with Gasteiger partial charge in [0.1, 0.15) is 17.6 Å². The molecule has 2 aromatic heterocycles. The van der Waals surface area contributed by atoms with Crippen LogP contribution in [-0.4, -0.2) is 69.5 Å². The van der Waals surface area contributed by atoms with Crippen molar-refractivity contribution in [2.45, 2.75) is 83.9 Å². The third-order valence-corrected chi connectivity index (χ3v) is 11.3. The van der Waals surface area contributed by atoms with Crippen LogP contribution in [0.2, 0.25) is 0 Å². The van der Waals surface area contributed by atoms with Crippen molar-refractivity contribution < 1.29 is 28.4 Å². The van der Waals surface area contributed by atoms with Crippen molar-refractivity contribution in [1.29, 1.82) is 0 Å². The number of aromatic nitrogens is 3. The van der Waals surface area contributed by atoms with E-state index in [0.29, 0.717) is 6.54 Å². The van der Waals surface area contributed by atoms with Crippen LogP contribution < -0.4 is 15.5 Å². The third kappa shape index (κ3) is 6.07. The summed E-state index contributed by atoms with van der Waals surface area (Å²) in [4.78, 5) is 35.9. The van der Waals surface area contributed by atoms with Crippen molar-refractivity contribution in [3.8, 4) is 28.3 Å². The first-order chi connectivity index (χ1) is 25.3. The second kappa shape index (κ2) is 13.1. The van der Waals surface area contributed by atoms with E-state index in [1.54, 1.807) is 0 Å². The quantitative estimate of drug-likeness (QED) is 0.175. The maximum Gasteiger partial charge on any atom is 0.494 e. The van der Waals surface area contributed by atoms with Crippen LogP contribution in [0.5, 0.6) is 5.75 Å². The van der Waals surface area contributed by atoms with Gasteiger partial charge in [-0.05, 0) is 82.2 Å². The number of carbonyl (C=O) groups is 2. The summed E-state index contributed by atoms with van der Waals surface area (Å²) in [6.07, 6.45) is 2.53. The molecule has 5 heterocycles. The number of rotatable bonds is 7. The molecule has 0 radical (unpaired) electrons. The van der Waals surface area contributed by atoms with Gasteiger partial charge in [0.2, 0.25) is 12.1 Å². The SMILES string of the molecule is COC(=O)N[C@H](C(=O)N1CCCC1c1nc(-c2ccc3c(c2)cc2n3C(c3ccccc3)Oc3cc(B4OC(C)(C)C(C)(C)O4)ccc3-2)c[nH]1)C(C)C. The van der Waals surface area contributed by atoms with Crippen LogP contribution in [0.25, 0.3) is 33.4 Å². The maximum absolute atomic E-state index is 13.7. The molecule has 12 heteroatoms. The smallest absolute Gasteiger partial charge is 0.465 e. The molecule has 2 N–H and O–H groups in total. The Morgan fingerprint density at radius 1 is 1.00 bits per heavy atom. The second-order valence-corrected chi connectivity index (χ2v) is 15.6. The molecule has 11 nitrogen and oxygen atoms in total. The molecular weight excluding hydrogens is 669 g/mol. The van der Waals surface area contributed by atoms with Crippen molar-refractivity contribution in [3.05, 3.63) is 90.4 Å². The zero-order valence-electron chi connectivity index (χ0n) is 31.3. The molecule has 2 unspecified atom stereocenters. The summed E-state index contributed by atoms with van der Waals surface area (Å²) >= 11 is 0. The van der Waals surface area contributed by atoms with E-state index in [4.69, 9.17) is 23.8 Å². The molecule has 0 spiro atoms. The molecule has 274 valence electrons. The number of amides is 2.